The Kier molecular flexibility index (Phi) is 4.25. The van der Waals surface area contributed by atoms with E-state index in [0.717, 1.165) is 17.4 Å². The average molecular weight is 290 g/mol. The molecule has 0 unspecified atom stereocenters. The van der Waals surface area contributed by atoms with Gasteiger partial charge in [0.05, 0.1) is 11.4 Å². The molecule has 1 aromatic heterocycles. The molecule has 0 amide bonds. The zero-order valence-electron chi connectivity index (χ0n) is 8.55. The van der Waals surface area contributed by atoms with Gasteiger partial charge in [0.2, 0.25) is 6.43 Å². The summed E-state index contributed by atoms with van der Waals surface area (Å²) >= 11 is 7.43. The fraction of sp³-hybridized carbons (Fsp3) is 0.200. The van der Waals surface area contributed by atoms with Gasteiger partial charge < -0.3 is 0 Å². The van der Waals surface area contributed by atoms with Crippen molar-refractivity contribution >= 4 is 35.3 Å². The van der Waals surface area contributed by atoms with Gasteiger partial charge in [0.15, 0.2) is 8.29 Å². The number of thioether (sulfide) groups is 1. The standard InChI is InChI=1S/C10H8F2N2S3/c11-8(12)6-16-9-13-14(10(15)17-9)7-4-2-1-3-5-7/h1-5,8H,6H2. The van der Waals surface area contributed by atoms with E-state index in [1.54, 1.807) is 4.68 Å². The van der Waals surface area contributed by atoms with Gasteiger partial charge in [-0.25, -0.2) is 13.5 Å². The Hall–Kier alpha value is -0.790. The Morgan fingerprint density at radius 1 is 1.35 bits per heavy atom. The summed E-state index contributed by atoms with van der Waals surface area (Å²) in [4.78, 5) is 0. The van der Waals surface area contributed by atoms with Gasteiger partial charge in [0.25, 0.3) is 0 Å². The number of aromatic nitrogens is 2. The molecule has 0 spiro atoms. The molecule has 17 heavy (non-hydrogen) atoms. The van der Waals surface area contributed by atoms with E-state index in [-0.39, 0.29) is 5.75 Å². The molecule has 0 saturated heterocycles. The Morgan fingerprint density at radius 2 is 2.06 bits per heavy atom. The normalized spacial score (nSPS) is 11.0. The Labute approximate surface area is 110 Å². The Morgan fingerprint density at radius 3 is 2.71 bits per heavy atom. The highest BCUT2D eigenvalue weighted by Crippen LogP contribution is 2.25. The monoisotopic (exact) mass is 290 g/mol. The third-order valence-electron chi connectivity index (χ3n) is 1.86. The smallest absolute Gasteiger partial charge is 0.211 e. The molecule has 0 N–H and O–H groups in total. The second kappa shape index (κ2) is 5.70. The number of hydrogen-bond donors (Lipinski definition) is 0. The second-order valence-electron chi connectivity index (χ2n) is 3.08. The van der Waals surface area contributed by atoms with Crippen molar-refractivity contribution < 1.29 is 8.78 Å². The van der Waals surface area contributed by atoms with E-state index in [1.807, 2.05) is 30.3 Å². The van der Waals surface area contributed by atoms with Crippen LogP contribution in [0.4, 0.5) is 8.78 Å². The number of hydrogen-bond acceptors (Lipinski definition) is 4. The van der Waals surface area contributed by atoms with E-state index < -0.39 is 6.43 Å². The first-order valence-corrected chi connectivity index (χ1v) is 6.94. The highest BCUT2D eigenvalue weighted by Gasteiger charge is 2.09. The number of benzene rings is 1. The fourth-order valence-electron chi connectivity index (χ4n) is 1.19. The molecule has 0 aliphatic heterocycles. The van der Waals surface area contributed by atoms with Gasteiger partial charge in [0, 0.05) is 0 Å². The average Bonchev–Trinajstić information content (AvgIpc) is 2.69. The lowest BCUT2D eigenvalue weighted by Crippen LogP contribution is -1.97. The molecule has 2 rings (SSSR count). The predicted octanol–water partition coefficient (Wildman–Crippen LogP) is 4.02. The van der Waals surface area contributed by atoms with E-state index in [1.165, 1.54) is 11.3 Å². The first kappa shape index (κ1) is 12.7. The van der Waals surface area contributed by atoms with Crippen molar-refractivity contribution in [2.45, 2.75) is 10.8 Å². The second-order valence-corrected chi connectivity index (χ2v) is 5.97. The number of nitrogens with zero attached hydrogens (tertiary/aromatic N) is 2. The quantitative estimate of drug-likeness (QED) is 0.625. The van der Waals surface area contributed by atoms with Gasteiger partial charge in [0.1, 0.15) is 0 Å². The van der Waals surface area contributed by atoms with Crippen LogP contribution in [0.2, 0.25) is 0 Å². The first-order valence-electron chi connectivity index (χ1n) is 4.73. The highest BCUT2D eigenvalue weighted by molar-refractivity contribution is 8.01. The summed E-state index contributed by atoms with van der Waals surface area (Å²) in [6.45, 7) is 0. The molecule has 1 aromatic carbocycles. The topological polar surface area (TPSA) is 17.8 Å². The number of rotatable bonds is 4. The number of halogens is 2. The summed E-state index contributed by atoms with van der Waals surface area (Å²) < 4.78 is 26.9. The molecule has 0 aliphatic carbocycles. The van der Waals surface area contributed by atoms with E-state index in [2.05, 4.69) is 5.10 Å². The van der Waals surface area contributed by atoms with Crippen molar-refractivity contribution in [1.29, 1.82) is 0 Å². The fourth-order valence-corrected chi connectivity index (χ4v) is 3.32. The van der Waals surface area contributed by atoms with E-state index >= 15 is 0 Å². The van der Waals surface area contributed by atoms with Crippen molar-refractivity contribution in [3.63, 3.8) is 0 Å². The largest absolute Gasteiger partial charge is 0.248 e. The van der Waals surface area contributed by atoms with Gasteiger partial charge in [-0.3, -0.25) is 0 Å². The van der Waals surface area contributed by atoms with Crippen LogP contribution in [0.25, 0.3) is 5.69 Å². The first-order chi connectivity index (χ1) is 8.16. The molecular formula is C10H8F2N2S3. The molecular weight excluding hydrogens is 282 g/mol. The van der Waals surface area contributed by atoms with Gasteiger partial charge in [-0.15, -0.1) is 5.10 Å². The SMILES string of the molecule is FC(F)CSc1nn(-c2ccccc2)c(=S)s1. The van der Waals surface area contributed by atoms with E-state index in [4.69, 9.17) is 12.2 Å². The predicted molar refractivity (Wildman–Crippen MR) is 69.0 cm³/mol. The van der Waals surface area contributed by atoms with Crippen molar-refractivity contribution in [2.24, 2.45) is 0 Å². The third-order valence-corrected chi connectivity index (χ3v) is 4.24. The Bertz CT molecular complexity index is 536. The molecule has 90 valence electrons. The van der Waals surface area contributed by atoms with Crippen LogP contribution in [0.5, 0.6) is 0 Å². The molecule has 0 radical (unpaired) electrons. The number of alkyl halides is 2. The third kappa shape index (κ3) is 3.34. The minimum atomic E-state index is -2.33. The molecule has 0 aliphatic rings. The molecule has 0 atom stereocenters. The van der Waals surface area contributed by atoms with Crippen molar-refractivity contribution in [1.82, 2.24) is 9.78 Å². The Balaban J connectivity index is 2.23. The summed E-state index contributed by atoms with van der Waals surface area (Å²) in [5, 5.41) is 4.21. The summed E-state index contributed by atoms with van der Waals surface area (Å²) in [5.74, 6) is -0.253. The summed E-state index contributed by atoms with van der Waals surface area (Å²) in [6, 6.07) is 9.39. The van der Waals surface area contributed by atoms with Gasteiger partial charge in [-0.1, -0.05) is 41.3 Å². The lowest BCUT2D eigenvalue weighted by Gasteiger charge is -1.98. The van der Waals surface area contributed by atoms with E-state index in [0.29, 0.717) is 8.29 Å². The maximum Gasteiger partial charge on any atom is 0.248 e. The van der Waals surface area contributed by atoms with Crippen LogP contribution in [-0.2, 0) is 0 Å². The van der Waals surface area contributed by atoms with Gasteiger partial charge >= 0.3 is 0 Å². The molecule has 7 heteroatoms. The molecule has 2 nitrogen and oxygen atoms in total. The maximum absolute atomic E-state index is 12.1. The molecule has 0 fully saturated rings. The van der Waals surface area contributed by atoms with Gasteiger partial charge in [-0.2, -0.15) is 0 Å². The van der Waals surface area contributed by atoms with Crippen LogP contribution in [0, 0.1) is 3.95 Å². The molecule has 0 bridgehead atoms. The highest BCUT2D eigenvalue weighted by atomic mass is 32.2. The van der Waals surface area contributed by atoms with Crippen LogP contribution in [0.15, 0.2) is 34.7 Å². The molecule has 1 heterocycles. The van der Waals surface area contributed by atoms with Crippen LogP contribution >= 0.6 is 35.3 Å². The lowest BCUT2D eigenvalue weighted by molar-refractivity contribution is 0.177. The summed E-state index contributed by atoms with van der Waals surface area (Å²) in [5.41, 5.74) is 0.845. The van der Waals surface area contributed by atoms with Crippen molar-refractivity contribution in [3.05, 3.63) is 34.3 Å². The molecule has 0 saturated carbocycles. The summed E-state index contributed by atoms with van der Waals surface area (Å²) in [7, 11) is 0. The lowest BCUT2D eigenvalue weighted by atomic mass is 10.3. The minimum absolute atomic E-state index is 0.253. The van der Waals surface area contributed by atoms with Crippen LogP contribution in [-0.4, -0.2) is 22.0 Å². The summed E-state index contributed by atoms with van der Waals surface area (Å²) in [6.07, 6.45) is -2.33. The van der Waals surface area contributed by atoms with Crippen LogP contribution in [0.3, 0.4) is 0 Å². The van der Waals surface area contributed by atoms with Gasteiger partial charge in [-0.05, 0) is 24.4 Å². The van der Waals surface area contributed by atoms with E-state index in [9.17, 15) is 8.78 Å². The van der Waals surface area contributed by atoms with Crippen molar-refractivity contribution in [2.75, 3.05) is 5.75 Å². The zero-order chi connectivity index (χ0) is 12.3. The van der Waals surface area contributed by atoms with Crippen LogP contribution in [0.1, 0.15) is 0 Å². The minimum Gasteiger partial charge on any atom is -0.211 e. The van der Waals surface area contributed by atoms with Crippen molar-refractivity contribution in [3.8, 4) is 5.69 Å². The van der Waals surface area contributed by atoms with Crippen LogP contribution < -0.4 is 0 Å². The number of para-hydroxylation sites is 1. The zero-order valence-corrected chi connectivity index (χ0v) is 11.0. The maximum atomic E-state index is 12.1. The molecule has 2 aromatic rings.